The molecular formula is C29H41ClN2O2. The van der Waals surface area contributed by atoms with Crippen molar-refractivity contribution in [3.63, 3.8) is 0 Å². The summed E-state index contributed by atoms with van der Waals surface area (Å²) in [4.78, 5) is 13.6. The molecule has 5 heteroatoms. The van der Waals surface area contributed by atoms with Crippen LogP contribution in [0, 0.1) is 40.4 Å². The standard InChI is InChI=1S/C29H41ClN2O2/c1-27(34)12-13-28(2)19(15-27)4-6-21-22-7-8-24(29(22,3)11-10-23(21)28)26(33)17-32-16-18-14-20(30)5-9-25(18)31-32/h5,9,16,19-24,34H,4,6-8,10-15,17H2,1-3H3/t19-,20?,21-,22-,23-,24+,27+,28-,29-/m0/s1. The molecule has 0 spiro atoms. The monoisotopic (exact) mass is 484 g/mol. The van der Waals surface area contributed by atoms with Crippen LogP contribution in [0.3, 0.4) is 0 Å². The second-order valence-corrected chi connectivity index (χ2v) is 13.9. The van der Waals surface area contributed by atoms with E-state index in [-0.39, 0.29) is 16.7 Å². The molecule has 0 bridgehead atoms. The Labute approximate surface area is 209 Å². The third-order valence-corrected chi connectivity index (χ3v) is 11.7. The molecule has 5 aliphatic rings. The molecule has 1 heterocycles. The summed E-state index contributed by atoms with van der Waals surface area (Å²) in [6.45, 7) is 7.43. The van der Waals surface area contributed by atoms with Crippen LogP contribution in [0.4, 0.5) is 0 Å². The molecule has 0 aliphatic heterocycles. The largest absolute Gasteiger partial charge is 0.390 e. The third-order valence-electron chi connectivity index (χ3n) is 11.4. The van der Waals surface area contributed by atoms with Crippen LogP contribution in [-0.4, -0.2) is 31.6 Å². The van der Waals surface area contributed by atoms with Gasteiger partial charge in [0.25, 0.3) is 0 Å². The van der Waals surface area contributed by atoms with Gasteiger partial charge in [0.1, 0.15) is 0 Å². The lowest BCUT2D eigenvalue weighted by Gasteiger charge is -2.61. The molecule has 4 nitrogen and oxygen atoms in total. The van der Waals surface area contributed by atoms with Gasteiger partial charge < -0.3 is 5.11 Å². The molecule has 4 saturated carbocycles. The Kier molecular flexibility index (Phi) is 5.43. The van der Waals surface area contributed by atoms with Gasteiger partial charge in [-0.1, -0.05) is 19.9 Å². The minimum Gasteiger partial charge on any atom is -0.390 e. The zero-order valence-corrected chi connectivity index (χ0v) is 21.9. The summed E-state index contributed by atoms with van der Waals surface area (Å²) in [5.41, 5.74) is 2.16. The second-order valence-electron chi connectivity index (χ2n) is 13.3. The highest BCUT2D eigenvalue weighted by Gasteiger charge is 2.61. The molecule has 0 radical (unpaired) electrons. The molecule has 0 saturated heterocycles. The Balaban J connectivity index is 1.18. The zero-order valence-electron chi connectivity index (χ0n) is 21.1. The van der Waals surface area contributed by atoms with Crippen LogP contribution in [0.25, 0.3) is 6.08 Å². The van der Waals surface area contributed by atoms with Crippen LogP contribution in [0.15, 0.2) is 12.3 Å². The molecule has 1 N–H and O–H groups in total. The SMILES string of the molecule is C[C@@]1(O)CC[C@@]2(C)[C@@H](CC[C@@H]3[C@@H]2CC[C@]2(C)[C@@H](C(=O)Cn4cc5c(n4)C=CC(Cl)C5)CC[C@@H]32)C1. The van der Waals surface area contributed by atoms with Crippen LogP contribution < -0.4 is 0 Å². The van der Waals surface area contributed by atoms with Gasteiger partial charge >= 0.3 is 0 Å². The van der Waals surface area contributed by atoms with Crippen LogP contribution in [-0.2, 0) is 17.8 Å². The molecule has 4 fully saturated rings. The van der Waals surface area contributed by atoms with Gasteiger partial charge in [0.05, 0.1) is 23.2 Å². The van der Waals surface area contributed by atoms with Gasteiger partial charge in [0.15, 0.2) is 5.78 Å². The molecule has 6 rings (SSSR count). The minimum absolute atomic E-state index is 0.0257. The molecule has 5 aliphatic carbocycles. The number of carbonyl (C=O) groups excluding carboxylic acids is 1. The van der Waals surface area contributed by atoms with Crippen LogP contribution in [0.2, 0.25) is 0 Å². The van der Waals surface area contributed by atoms with Crippen molar-refractivity contribution in [1.29, 1.82) is 0 Å². The molecule has 0 amide bonds. The highest BCUT2D eigenvalue weighted by atomic mass is 35.5. The van der Waals surface area contributed by atoms with Crippen molar-refractivity contribution in [1.82, 2.24) is 9.78 Å². The summed E-state index contributed by atoms with van der Waals surface area (Å²) in [7, 11) is 0. The van der Waals surface area contributed by atoms with Crippen molar-refractivity contribution in [2.24, 2.45) is 40.4 Å². The Morgan fingerprint density at radius 3 is 2.71 bits per heavy atom. The molecule has 1 aromatic rings. The Morgan fingerprint density at radius 1 is 1.09 bits per heavy atom. The lowest BCUT2D eigenvalue weighted by Crippen LogP contribution is -2.55. The normalized spacial score (nSPS) is 47.4. The molecule has 1 unspecified atom stereocenters. The molecule has 34 heavy (non-hydrogen) atoms. The number of aromatic nitrogens is 2. The van der Waals surface area contributed by atoms with Crippen molar-refractivity contribution in [3.8, 4) is 0 Å². The third kappa shape index (κ3) is 3.57. The summed E-state index contributed by atoms with van der Waals surface area (Å²) in [6, 6.07) is 0. The van der Waals surface area contributed by atoms with Crippen molar-refractivity contribution in [2.45, 2.75) is 103 Å². The van der Waals surface area contributed by atoms with E-state index in [1.54, 1.807) is 0 Å². The van der Waals surface area contributed by atoms with Gasteiger partial charge in [-0.2, -0.15) is 5.10 Å². The number of hydrogen-bond acceptors (Lipinski definition) is 3. The molecule has 186 valence electrons. The van der Waals surface area contributed by atoms with E-state index in [0.717, 1.165) is 48.8 Å². The van der Waals surface area contributed by atoms with E-state index in [1.807, 2.05) is 30.0 Å². The fraction of sp³-hybridized carbons (Fsp3) is 0.793. The van der Waals surface area contributed by atoms with Crippen LogP contribution in [0.5, 0.6) is 0 Å². The summed E-state index contributed by atoms with van der Waals surface area (Å²) in [5, 5.41) is 15.5. The lowest BCUT2D eigenvalue weighted by molar-refractivity contribution is -0.151. The van der Waals surface area contributed by atoms with E-state index in [4.69, 9.17) is 11.6 Å². The first-order valence-corrected chi connectivity index (χ1v) is 14.2. The first kappa shape index (κ1) is 23.3. The van der Waals surface area contributed by atoms with Gasteiger partial charge in [-0.15, -0.1) is 11.6 Å². The summed E-state index contributed by atoms with van der Waals surface area (Å²) in [6.07, 6.45) is 17.1. The highest BCUT2D eigenvalue weighted by molar-refractivity contribution is 6.22. The number of rotatable bonds is 3. The van der Waals surface area contributed by atoms with Gasteiger partial charge in [-0.3, -0.25) is 9.48 Å². The average molecular weight is 485 g/mol. The zero-order chi connectivity index (χ0) is 23.9. The number of carbonyl (C=O) groups is 1. The fourth-order valence-electron chi connectivity index (χ4n) is 9.56. The maximum atomic E-state index is 13.6. The number of aliphatic hydroxyl groups is 1. The predicted molar refractivity (Wildman–Crippen MR) is 135 cm³/mol. The molecular weight excluding hydrogens is 444 g/mol. The van der Waals surface area contributed by atoms with Crippen molar-refractivity contribution >= 4 is 23.5 Å². The van der Waals surface area contributed by atoms with Crippen LogP contribution >= 0.6 is 11.6 Å². The smallest absolute Gasteiger partial charge is 0.157 e. The number of halogens is 1. The highest BCUT2D eigenvalue weighted by Crippen LogP contribution is 2.68. The maximum absolute atomic E-state index is 13.6. The van der Waals surface area contributed by atoms with Crippen molar-refractivity contribution in [2.75, 3.05) is 0 Å². The quantitative estimate of drug-likeness (QED) is 0.532. The second kappa shape index (κ2) is 7.93. The molecule has 1 aromatic heterocycles. The maximum Gasteiger partial charge on any atom is 0.157 e. The van der Waals surface area contributed by atoms with E-state index in [9.17, 15) is 9.90 Å². The number of Topliss-reactive ketones (excluding diaryl/α,β-unsaturated/α-hetero) is 1. The average Bonchev–Trinajstić information content (AvgIpc) is 3.33. The minimum atomic E-state index is -0.475. The predicted octanol–water partition coefficient (Wildman–Crippen LogP) is 6.04. The fourth-order valence-corrected chi connectivity index (χ4v) is 9.80. The van der Waals surface area contributed by atoms with Crippen molar-refractivity contribution < 1.29 is 9.90 Å². The number of allylic oxidation sites excluding steroid dienone is 1. The van der Waals surface area contributed by atoms with E-state index >= 15 is 0 Å². The van der Waals surface area contributed by atoms with Crippen LogP contribution in [0.1, 0.15) is 89.8 Å². The van der Waals surface area contributed by atoms with E-state index in [1.165, 1.54) is 38.5 Å². The van der Waals surface area contributed by atoms with E-state index in [2.05, 4.69) is 18.9 Å². The van der Waals surface area contributed by atoms with E-state index < -0.39 is 5.60 Å². The number of hydrogen-bond donors (Lipinski definition) is 1. The Morgan fingerprint density at radius 2 is 1.88 bits per heavy atom. The summed E-state index contributed by atoms with van der Waals surface area (Å²) < 4.78 is 1.87. The van der Waals surface area contributed by atoms with Gasteiger partial charge in [0.2, 0.25) is 0 Å². The number of fused-ring (bicyclic) bond motifs is 6. The molecule has 9 atom stereocenters. The van der Waals surface area contributed by atoms with E-state index in [0.29, 0.717) is 29.6 Å². The number of alkyl halides is 1. The summed E-state index contributed by atoms with van der Waals surface area (Å²) >= 11 is 6.28. The number of nitrogens with zero attached hydrogens (tertiary/aromatic N) is 2. The number of ketones is 1. The lowest BCUT2D eigenvalue weighted by atomic mass is 9.44. The Bertz CT molecular complexity index is 1010. The van der Waals surface area contributed by atoms with Gasteiger partial charge in [-0.25, -0.2) is 0 Å². The first-order valence-electron chi connectivity index (χ1n) is 13.7. The topological polar surface area (TPSA) is 55.1 Å². The van der Waals surface area contributed by atoms with Crippen molar-refractivity contribution in [3.05, 3.63) is 23.5 Å². The first-order chi connectivity index (χ1) is 16.1. The van der Waals surface area contributed by atoms with Gasteiger partial charge in [0, 0.05) is 12.1 Å². The van der Waals surface area contributed by atoms with Gasteiger partial charge in [-0.05, 0) is 117 Å². The Hall–Kier alpha value is -1.13. The summed E-state index contributed by atoms with van der Waals surface area (Å²) in [5.74, 6) is 3.39. The molecule has 0 aromatic carbocycles.